The van der Waals surface area contributed by atoms with Crippen LogP contribution in [0.5, 0.6) is 0 Å². The fraction of sp³-hybridized carbons (Fsp3) is 0.172. The zero-order valence-electron chi connectivity index (χ0n) is 16.8. The van der Waals surface area contributed by atoms with Crippen molar-refractivity contribution < 1.29 is 0 Å². The lowest BCUT2D eigenvalue weighted by atomic mass is 9.81. The van der Waals surface area contributed by atoms with Gasteiger partial charge in [0.05, 0.1) is 0 Å². The Morgan fingerprint density at radius 2 is 1.59 bits per heavy atom. The summed E-state index contributed by atoms with van der Waals surface area (Å²) in [5.41, 5.74) is 13.0. The van der Waals surface area contributed by atoms with Crippen molar-refractivity contribution in [2.24, 2.45) is 0 Å². The molecule has 0 spiro atoms. The van der Waals surface area contributed by atoms with E-state index >= 15 is 0 Å². The summed E-state index contributed by atoms with van der Waals surface area (Å²) in [4.78, 5) is 0. The van der Waals surface area contributed by atoms with Crippen LogP contribution >= 0.6 is 0 Å². The van der Waals surface area contributed by atoms with Crippen molar-refractivity contribution in [3.63, 3.8) is 0 Å². The zero-order valence-corrected chi connectivity index (χ0v) is 16.8. The molecule has 0 aliphatic heterocycles. The Morgan fingerprint density at radius 3 is 2.48 bits per heavy atom. The van der Waals surface area contributed by atoms with E-state index in [-0.39, 0.29) is 0 Å². The monoisotopic (exact) mass is 372 g/mol. The molecule has 4 aromatic rings. The normalized spacial score (nSPS) is 14.0. The van der Waals surface area contributed by atoms with E-state index in [1.807, 2.05) is 0 Å². The highest BCUT2D eigenvalue weighted by Crippen LogP contribution is 2.44. The topological polar surface area (TPSA) is 0 Å². The number of hydrogen-bond acceptors (Lipinski definition) is 0. The molecule has 0 N–H and O–H groups in total. The van der Waals surface area contributed by atoms with Gasteiger partial charge in [0.2, 0.25) is 0 Å². The van der Waals surface area contributed by atoms with E-state index in [1.165, 1.54) is 55.3 Å². The second-order valence-corrected chi connectivity index (χ2v) is 8.29. The number of fused-ring (bicyclic) bond motifs is 5. The minimum Gasteiger partial charge on any atom is -0.0836 e. The molecule has 0 aromatic heterocycles. The molecule has 0 bridgehead atoms. The molecular formula is C29H24. The summed E-state index contributed by atoms with van der Waals surface area (Å²) in [6.07, 6.45) is 9.17. The fourth-order valence-corrected chi connectivity index (χ4v) is 5.48. The molecule has 0 heterocycles. The molecule has 140 valence electrons. The third-order valence-corrected chi connectivity index (χ3v) is 6.77. The lowest BCUT2D eigenvalue weighted by Crippen LogP contribution is -2.04. The summed E-state index contributed by atoms with van der Waals surface area (Å²) >= 11 is 0. The predicted molar refractivity (Wildman–Crippen MR) is 124 cm³/mol. The Hall–Kier alpha value is -3.12. The maximum Gasteiger partial charge on any atom is -0.00134 e. The predicted octanol–water partition coefficient (Wildman–Crippen LogP) is 7.60. The maximum atomic E-state index is 2.44. The van der Waals surface area contributed by atoms with Crippen LogP contribution in [0, 0.1) is 0 Å². The van der Waals surface area contributed by atoms with Crippen molar-refractivity contribution in [1.29, 1.82) is 0 Å². The highest BCUT2D eigenvalue weighted by molar-refractivity contribution is 6.04. The van der Waals surface area contributed by atoms with Gasteiger partial charge in [0.1, 0.15) is 0 Å². The molecule has 4 aromatic carbocycles. The van der Waals surface area contributed by atoms with Crippen LogP contribution < -0.4 is 0 Å². The zero-order chi connectivity index (χ0) is 19.4. The van der Waals surface area contributed by atoms with Crippen LogP contribution in [0.25, 0.3) is 39.1 Å². The van der Waals surface area contributed by atoms with Gasteiger partial charge in [-0.15, -0.1) is 0 Å². The molecule has 2 aliphatic rings. The highest BCUT2D eigenvalue weighted by Gasteiger charge is 2.22. The number of hydrogen-bond donors (Lipinski definition) is 0. The Labute approximate surface area is 172 Å². The third kappa shape index (κ3) is 2.45. The summed E-state index contributed by atoms with van der Waals surface area (Å²) in [7, 11) is 0. The number of aryl methyl sites for hydroxylation is 1. The van der Waals surface area contributed by atoms with E-state index in [2.05, 4.69) is 85.8 Å². The van der Waals surface area contributed by atoms with Crippen LogP contribution in [-0.4, -0.2) is 0 Å². The van der Waals surface area contributed by atoms with Gasteiger partial charge in [-0.2, -0.15) is 0 Å². The average Bonchev–Trinajstić information content (AvgIpc) is 3.15. The fourth-order valence-electron chi connectivity index (χ4n) is 5.48. The molecule has 2 aliphatic carbocycles. The van der Waals surface area contributed by atoms with Crippen molar-refractivity contribution in [3.05, 3.63) is 101 Å². The molecular weight excluding hydrogens is 348 g/mol. The largest absolute Gasteiger partial charge is 0.0836 e. The van der Waals surface area contributed by atoms with Crippen molar-refractivity contribution in [2.45, 2.75) is 32.6 Å². The van der Waals surface area contributed by atoms with Gasteiger partial charge in [0.25, 0.3) is 0 Å². The van der Waals surface area contributed by atoms with Gasteiger partial charge in [0.15, 0.2) is 0 Å². The SMILES string of the molecule is CCc1c2c(c(-c3ccc4c(c3)-c3ccccc3C4)c3ccccc13)C=CCC2. The van der Waals surface area contributed by atoms with Gasteiger partial charge in [0, 0.05) is 0 Å². The van der Waals surface area contributed by atoms with Gasteiger partial charge < -0.3 is 0 Å². The molecule has 6 rings (SSSR count). The Balaban J connectivity index is 1.68. The van der Waals surface area contributed by atoms with E-state index < -0.39 is 0 Å². The Morgan fingerprint density at radius 1 is 0.793 bits per heavy atom. The first-order valence-corrected chi connectivity index (χ1v) is 10.8. The maximum absolute atomic E-state index is 2.44. The molecule has 0 radical (unpaired) electrons. The Bertz CT molecular complexity index is 1300. The summed E-state index contributed by atoms with van der Waals surface area (Å²) in [5.74, 6) is 0. The molecule has 29 heavy (non-hydrogen) atoms. The van der Waals surface area contributed by atoms with Crippen LogP contribution in [0.1, 0.15) is 41.2 Å². The van der Waals surface area contributed by atoms with E-state index in [1.54, 1.807) is 5.56 Å². The molecule has 0 heteroatoms. The van der Waals surface area contributed by atoms with Gasteiger partial charge >= 0.3 is 0 Å². The van der Waals surface area contributed by atoms with Gasteiger partial charge in [-0.3, -0.25) is 0 Å². The molecule has 0 atom stereocenters. The van der Waals surface area contributed by atoms with Crippen molar-refractivity contribution >= 4 is 16.8 Å². The van der Waals surface area contributed by atoms with Gasteiger partial charge in [-0.1, -0.05) is 79.7 Å². The summed E-state index contributed by atoms with van der Waals surface area (Å²) in [6.45, 7) is 2.30. The quantitative estimate of drug-likeness (QED) is 0.299. The van der Waals surface area contributed by atoms with E-state index in [0.717, 1.165) is 25.7 Å². The molecule has 0 fully saturated rings. The van der Waals surface area contributed by atoms with Gasteiger partial charge in [-0.05, 0) is 92.6 Å². The number of rotatable bonds is 2. The second-order valence-electron chi connectivity index (χ2n) is 8.29. The third-order valence-electron chi connectivity index (χ3n) is 6.77. The van der Waals surface area contributed by atoms with Crippen LogP contribution in [0.3, 0.4) is 0 Å². The van der Waals surface area contributed by atoms with Crippen LogP contribution in [0.15, 0.2) is 72.8 Å². The van der Waals surface area contributed by atoms with Gasteiger partial charge in [-0.25, -0.2) is 0 Å². The number of benzene rings is 4. The lowest BCUT2D eigenvalue weighted by molar-refractivity contribution is 0.954. The minimum absolute atomic E-state index is 1.05. The van der Waals surface area contributed by atoms with Crippen molar-refractivity contribution in [3.8, 4) is 22.3 Å². The minimum atomic E-state index is 1.05. The molecule has 0 saturated heterocycles. The summed E-state index contributed by atoms with van der Waals surface area (Å²) in [5, 5.41) is 2.82. The average molecular weight is 373 g/mol. The molecule has 0 unspecified atom stereocenters. The highest BCUT2D eigenvalue weighted by atomic mass is 14.3. The summed E-state index contributed by atoms with van der Waals surface area (Å²) < 4.78 is 0. The lowest BCUT2D eigenvalue weighted by Gasteiger charge is -2.23. The van der Waals surface area contributed by atoms with Crippen LogP contribution in [-0.2, 0) is 19.3 Å². The first-order valence-electron chi connectivity index (χ1n) is 10.8. The van der Waals surface area contributed by atoms with E-state index in [4.69, 9.17) is 0 Å². The Kier molecular flexibility index (Phi) is 3.74. The number of allylic oxidation sites excluding steroid dienone is 1. The van der Waals surface area contributed by atoms with Crippen molar-refractivity contribution in [2.75, 3.05) is 0 Å². The smallest absolute Gasteiger partial charge is 0.00134 e. The second kappa shape index (κ2) is 6.46. The van der Waals surface area contributed by atoms with E-state index in [0.29, 0.717) is 0 Å². The van der Waals surface area contributed by atoms with Crippen LogP contribution in [0.2, 0.25) is 0 Å². The first kappa shape index (κ1) is 16.8. The molecule has 0 amide bonds. The first-order chi connectivity index (χ1) is 14.3. The van der Waals surface area contributed by atoms with Crippen LogP contribution in [0.4, 0.5) is 0 Å². The summed E-state index contributed by atoms with van der Waals surface area (Å²) in [6, 6.07) is 25.0. The standard InChI is InChI=1S/C29H24/c1-2-22-24-11-5-7-13-26(24)29(27-14-8-6-12-25(22)27)21-16-15-20-17-19-9-3-4-10-23(19)28(20)18-21/h3-5,7-11,13-16,18H,2,6,12,17H2,1H3. The molecule has 0 nitrogen and oxygen atoms in total. The van der Waals surface area contributed by atoms with E-state index in [9.17, 15) is 0 Å². The van der Waals surface area contributed by atoms with Crippen molar-refractivity contribution in [1.82, 2.24) is 0 Å². The molecule has 0 saturated carbocycles.